The quantitative estimate of drug-likeness (QED) is 0.412. The summed E-state index contributed by atoms with van der Waals surface area (Å²) in [6.45, 7) is 2.93. The van der Waals surface area contributed by atoms with Gasteiger partial charge in [0.05, 0.1) is 15.5 Å². The Morgan fingerprint density at radius 3 is 2.61 bits per heavy atom. The minimum atomic E-state index is -3.95. The van der Waals surface area contributed by atoms with E-state index in [1.807, 2.05) is 0 Å². The molecular formula is C21H22ClIN2O5S. The van der Waals surface area contributed by atoms with E-state index in [0.29, 0.717) is 24.7 Å². The molecule has 1 aliphatic heterocycles. The van der Waals surface area contributed by atoms with E-state index in [2.05, 4.69) is 34.2 Å². The Hall–Kier alpha value is -1.85. The SMILES string of the molecule is CC1CCCN(C(=O)COC(=O)c2cc(S(=O)(=O)Nc3ccc(I)cc3)ccc2Cl)C1. The van der Waals surface area contributed by atoms with E-state index in [1.165, 1.54) is 12.1 Å². The first-order chi connectivity index (χ1) is 14.7. The molecule has 0 radical (unpaired) electrons. The van der Waals surface area contributed by atoms with Crippen molar-refractivity contribution >= 4 is 61.8 Å². The average molecular weight is 577 g/mol. The minimum Gasteiger partial charge on any atom is -0.452 e. The van der Waals surface area contributed by atoms with E-state index in [1.54, 1.807) is 29.2 Å². The number of anilines is 1. The summed E-state index contributed by atoms with van der Waals surface area (Å²) in [5.41, 5.74) is 0.271. The van der Waals surface area contributed by atoms with Crippen molar-refractivity contribution in [2.75, 3.05) is 24.4 Å². The number of nitrogens with one attached hydrogen (secondary N) is 1. The van der Waals surface area contributed by atoms with E-state index in [-0.39, 0.29) is 21.4 Å². The van der Waals surface area contributed by atoms with Crippen LogP contribution in [0.1, 0.15) is 30.1 Å². The van der Waals surface area contributed by atoms with Crippen LogP contribution in [-0.4, -0.2) is 44.9 Å². The molecule has 1 heterocycles. The molecular weight excluding hydrogens is 555 g/mol. The summed E-state index contributed by atoms with van der Waals surface area (Å²) in [5, 5.41) is 0.0391. The van der Waals surface area contributed by atoms with Crippen molar-refractivity contribution in [3.63, 3.8) is 0 Å². The van der Waals surface area contributed by atoms with Crippen LogP contribution < -0.4 is 4.72 Å². The molecule has 3 rings (SSSR count). The molecule has 31 heavy (non-hydrogen) atoms. The molecule has 1 atom stereocenters. The second-order valence-electron chi connectivity index (χ2n) is 7.42. The zero-order chi connectivity index (χ0) is 22.6. The molecule has 1 unspecified atom stereocenters. The van der Waals surface area contributed by atoms with Crippen LogP contribution in [0.2, 0.25) is 5.02 Å². The Labute approximate surface area is 200 Å². The van der Waals surface area contributed by atoms with Gasteiger partial charge in [0.15, 0.2) is 6.61 Å². The number of piperidine rings is 1. The Morgan fingerprint density at radius 2 is 1.94 bits per heavy atom. The standard InChI is InChI=1S/C21H22ClIN2O5S/c1-14-3-2-10-25(12-14)20(26)13-30-21(27)18-11-17(8-9-19(18)22)31(28,29)24-16-6-4-15(23)5-7-16/h4-9,11,14,24H,2-3,10,12-13H2,1H3. The number of carbonyl (C=O) groups is 2. The predicted octanol–water partition coefficient (Wildman–Crippen LogP) is 4.16. The fraction of sp³-hybridized carbons (Fsp3) is 0.333. The largest absolute Gasteiger partial charge is 0.452 e. The molecule has 1 N–H and O–H groups in total. The van der Waals surface area contributed by atoms with Gasteiger partial charge in [-0.05, 0) is 83.8 Å². The van der Waals surface area contributed by atoms with E-state index in [9.17, 15) is 18.0 Å². The molecule has 10 heteroatoms. The van der Waals surface area contributed by atoms with Crippen LogP contribution in [-0.2, 0) is 19.6 Å². The summed E-state index contributed by atoms with van der Waals surface area (Å²) in [6, 6.07) is 10.6. The molecule has 2 aromatic carbocycles. The number of likely N-dealkylation sites (tertiary alicyclic amines) is 1. The van der Waals surface area contributed by atoms with Gasteiger partial charge in [-0.25, -0.2) is 13.2 Å². The van der Waals surface area contributed by atoms with E-state index in [4.69, 9.17) is 16.3 Å². The summed E-state index contributed by atoms with van der Waals surface area (Å²) >= 11 is 8.21. The van der Waals surface area contributed by atoms with Gasteiger partial charge in [-0.2, -0.15) is 0 Å². The third-order valence-electron chi connectivity index (χ3n) is 4.90. The first-order valence-electron chi connectivity index (χ1n) is 9.68. The number of ether oxygens (including phenoxy) is 1. The molecule has 0 aliphatic carbocycles. The minimum absolute atomic E-state index is 0.0391. The van der Waals surface area contributed by atoms with E-state index >= 15 is 0 Å². The highest BCUT2D eigenvalue weighted by Gasteiger charge is 2.24. The van der Waals surface area contributed by atoms with Gasteiger partial charge in [-0.15, -0.1) is 0 Å². The van der Waals surface area contributed by atoms with Crippen molar-refractivity contribution in [1.82, 2.24) is 4.90 Å². The van der Waals surface area contributed by atoms with Gasteiger partial charge in [0.25, 0.3) is 15.9 Å². The molecule has 0 spiro atoms. The van der Waals surface area contributed by atoms with Crippen LogP contribution in [0, 0.1) is 9.49 Å². The number of nitrogens with zero attached hydrogens (tertiary/aromatic N) is 1. The molecule has 1 fully saturated rings. The summed E-state index contributed by atoms with van der Waals surface area (Å²) < 4.78 is 34.0. The lowest BCUT2D eigenvalue weighted by Gasteiger charge is -2.30. The lowest BCUT2D eigenvalue weighted by Crippen LogP contribution is -2.41. The lowest BCUT2D eigenvalue weighted by atomic mass is 10.0. The van der Waals surface area contributed by atoms with Gasteiger partial charge in [0.1, 0.15) is 0 Å². The summed E-state index contributed by atoms with van der Waals surface area (Å²) in [4.78, 5) is 26.4. The third-order valence-corrected chi connectivity index (χ3v) is 7.33. The van der Waals surface area contributed by atoms with Crippen molar-refractivity contribution in [1.29, 1.82) is 0 Å². The van der Waals surface area contributed by atoms with Crippen molar-refractivity contribution in [2.45, 2.75) is 24.7 Å². The number of hydrogen-bond acceptors (Lipinski definition) is 5. The molecule has 166 valence electrons. The average Bonchev–Trinajstić information content (AvgIpc) is 2.73. The monoisotopic (exact) mass is 576 g/mol. The number of sulfonamides is 1. The van der Waals surface area contributed by atoms with Crippen molar-refractivity contribution in [3.05, 3.63) is 56.6 Å². The number of esters is 1. The topological polar surface area (TPSA) is 92.8 Å². The fourth-order valence-corrected chi connectivity index (χ4v) is 4.91. The first kappa shape index (κ1) is 23.8. The Kier molecular flexibility index (Phi) is 7.82. The number of rotatable bonds is 6. The number of carbonyl (C=O) groups excluding carboxylic acids is 2. The molecule has 0 aromatic heterocycles. The molecule has 1 saturated heterocycles. The van der Waals surface area contributed by atoms with Crippen LogP contribution in [0.5, 0.6) is 0 Å². The maximum absolute atomic E-state index is 12.7. The summed E-state index contributed by atoms with van der Waals surface area (Å²) in [6.07, 6.45) is 1.98. The van der Waals surface area contributed by atoms with E-state index < -0.39 is 22.6 Å². The molecule has 0 saturated carbocycles. The Balaban J connectivity index is 1.70. The second-order valence-corrected chi connectivity index (χ2v) is 10.8. The Morgan fingerprint density at radius 1 is 1.23 bits per heavy atom. The number of halogens is 2. The van der Waals surface area contributed by atoms with Crippen LogP contribution in [0.25, 0.3) is 0 Å². The smallest absolute Gasteiger partial charge is 0.340 e. The van der Waals surface area contributed by atoms with Gasteiger partial charge in [-0.1, -0.05) is 18.5 Å². The van der Waals surface area contributed by atoms with Gasteiger partial charge in [-0.3, -0.25) is 9.52 Å². The van der Waals surface area contributed by atoms with Crippen LogP contribution in [0.3, 0.4) is 0 Å². The number of amides is 1. The van der Waals surface area contributed by atoms with Crippen molar-refractivity contribution in [3.8, 4) is 0 Å². The molecule has 0 bridgehead atoms. The maximum atomic E-state index is 12.7. The summed E-state index contributed by atoms with van der Waals surface area (Å²) in [7, 11) is -3.95. The highest BCUT2D eigenvalue weighted by molar-refractivity contribution is 14.1. The fourth-order valence-electron chi connectivity index (χ4n) is 3.27. The molecule has 1 aliphatic rings. The molecule has 7 nitrogen and oxygen atoms in total. The predicted molar refractivity (Wildman–Crippen MR) is 127 cm³/mol. The third kappa shape index (κ3) is 6.33. The first-order valence-corrected chi connectivity index (χ1v) is 12.6. The van der Waals surface area contributed by atoms with Crippen molar-refractivity contribution in [2.24, 2.45) is 5.92 Å². The van der Waals surface area contributed by atoms with Crippen LogP contribution in [0.15, 0.2) is 47.4 Å². The highest BCUT2D eigenvalue weighted by atomic mass is 127. The summed E-state index contributed by atoms with van der Waals surface area (Å²) in [5.74, 6) is -0.722. The number of hydrogen-bond donors (Lipinski definition) is 1. The van der Waals surface area contributed by atoms with Gasteiger partial charge >= 0.3 is 5.97 Å². The van der Waals surface area contributed by atoms with Gasteiger partial charge < -0.3 is 9.64 Å². The second kappa shape index (κ2) is 10.2. The zero-order valence-corrected chi connectivity index (χ0v) is 20.5. The maximum Gasteiger partial charge on any atom is 0.340 e. The zero-order valence-electron chi connectivity index (χ0n) is 16.8. The van der Waals surface area contributed by atoms with Gasteiger partial charge in [0.2, 0.25) is 0 Å². The van der Waals surface area contributed by atoms with Crippen molar-refractivity contribution < 1.29 is 22.7 Å². The number of benzene rings is 2. The molecule has 2 aromatic rings. The lowest BCUT2D eigenvalue weighted by molar-refractivity contribution is -0.136. The normalized spacial score (nSPS) is 16.6. The van der Waals surface area contributed by atoms with Crippen LogP contribution in [0.4, 0.5) is 5.69 Å². The molecule has 1 amide bonds. The van der Waals surface area contributed by atoms with Gasteiger partial charge in [0, 0.05) is 22.3 Å². The van der Waals surface area contributed by atoms with E-state index in [0.717, 1.165) is 22.5 Å². The Bertz CT molecular complexity index is 1080. The highest BCUT2D eigenvalue weighted by Crippen LogP contribution is 2.24. The van der Waals surface area contributed by atoms with Crippen LogP contribution >= 0.6 is 34.2 Å².